The smallest absolute Gasteiger partial charge is 0.121 e. The van der Waals surface area contributed by atoms with Gasteiger partial charge >= 0.3 is 0 Å². The monoisotopic (exact) mass is 278 g/mol. The first-order chi connectivity index (χ1) is 9.69. The van der Waals surface area contributed by atoms with Crippen LogP contribution in [0.2, 0.25) is 0 Å². The van der Waals surface area contributed by atoms with Gasteiger partial charge in [0.2, 0.25) is 0 Å². The van der Waals surface area contributed by atoms with Gasteiger partial charge in [0.15, 0.2) is 0 Å². The summed E-state index contributed by atoms with van der Waals surface area (Å²) >= 11 is 0. The maximum Gasteiger partial charge on any atom is 0.121 e. The Balaban J connectivity index is 1.44. The Morgan fingerprint density at radius 1 is 1.35 bits per heavy atom. The minimum absolute atomic E-state index is 0.288. The molecule has 0 amide bonds. The number of morpholine rings is 1. The van der Waals surface area contributed by atoms with E-state index in [4.69, 9.17) is 15.2 Å². The van der Waals surface area contributed by atoms with Gasteiger partial charge in [-0.25, -0.2) is 0 Å². The number of nitrogen functional groups attached to an aromatic ring is 1. The van der Waals surface area contributed by atoms with Crippen LogP contribution in [0.4, 0.5) is 5.69 Å². The van der Waals surface area contributed by atoms with Crippen molar-refractivity contribution in [3.05, 3.63) is 24.3 Å². The van der Waals surface area contributed by atoms with E-state index in [1.807, 2.05) is 18.2 Å². The van der Waals surface area contributed by atoms with Crippen LogP contribution in [0.25, 0.3) is 0 Å². The summed E-state index contributed by atoms with van der Waals surface area (Å²) in [7, 11) is 0. The number of nitrogens with two attached hydrogens (primary N) is 1. The molecule has 2 bridgehead atoms. The first-order valence-corrected chi connectivity index (χ1v) is 7.23. The average molecular weight is 278 g/mol. The van der Waals surface area contributed by atoms with Crippen LogP contribution in [0.3, 0.4) is 0 Å². The highest BCUT2D eigenvalue weighted by Crippen LogP contribution is 2.26. The fraction of sp³-hybridized carbons (Fsp3) is 0.600. The molecule has 2 fully saturated rings. The first-order valence-electron chi connectivity index (χ1n) is 7.23. The highest BCUT2D eigenvalue weighted by molar-refractivity contribution is 5.43. The summed E-state index contributed by atoms with van der Waals surface area (Å²) in [5.74, 6) is 0.700. The minimum Gasteiger partial charge on any atom is -0.491 e. The van der Waals surface area contributed by atoms with Crippen molar-refractivity contribution in [2.24, 2.45) is 0 Å². The lowest BCUT2D eigenvalue weighted by Crippen LogP contribution is -2.46. The van der Waals surface area contributed by atoms with Gasteiger partial charge in [0.1, 0.15) is 18.5 Å². The largest absolute Gasteiger partial charge is 0.491 e. The number of benzene rings is 1. The van der Waals surface area contributed by atoms with Crippen LogP contribution in [0.5, 0.6) is 5.75 Å². The second-order valence-electron chi connectivity index (χ2n) is 5.71. The van der Waals surface area contributed by atoms with Gasteiger partial charge in [0.25, 0.3) is 0 Å². The lowest BCUT2D eigenvalue weighted by atomic mass is 10.2. The van der Waals surface area contributed by atoms with Crippen LogP contribution in [0.1, 0.15) is 12.8 Å². The number of nitrogens with zero attached hydrogens (tertiary/aromatic N) is 1. The van der Waals surface area contributed by atoms with Gasteiger partial charge in [0.05, 0.1) is 12.2 Å². The van der Waals surface area contributed by atoms with Gasteiger partial charge in [-0.15, -0.1) is 0 Å². The molecule has 3 atom stereocenters. The number of aliphatic hydroxyl groups is 1. The molecule has 2 heterocycles. The number of fused-ring (bicyclic) bond motifs is 2. The van der Waals surface area contributed by atoms with E-state index in [1.54, 1.807) is 6.07 Å². The zero-order valence-corrected chi connectivity index (χ0v) is 11.6. The molecule has 20 heavy (non-hydrogen) atoms. The number of anilines is 1. The maximum atomic E-state index is 10.1. The third-order valence-corrected chi connectivity index (χ3v) is 3.89. The van der Waals surface area contributed by atoms with E-state index in [2.05, 4.69) is 4.90 Å². The zero-order chi connectivity index (χ0) is 13.9. The second kappa shape index (κ2) is 5.99. The Morgan fingerprint density at radius 2 is 2.10 bits per heavy atom. The predicted octanol–water partition coefficient (Wildman–Crippen LogP) is 0.872. The molecular formula is C15H22N2O3. The summed E-state index contributed by atoms with van der Waals surface area (Å²) < 4.78 is 11.4. The lowest BCUT2D eigenvalue weighted by Gasteiger charge is -2.33. The van der Waals surface area contributed by atoms with Crippen molar-refractivity contribution in [2.45, 2.75) is 31.2 Å². The molecule has 1 aromatic rings. The molecular weight excluding hydrogens is 256 g/mol. The minimum atomic E-state index is -0.492. The molecule has 2 aliphatic rings. The highest BCUT2D eigenvalue weighted by atomic mass is 16.5. The van der Waals surface area contributed by atoms with Gasteiger partial charge in [-0.2, -0.15) is 0 Å². The molecule has 1 aromatic carbocycles. The summed E-state index contributed by atoms with van der Waals surface area (Å²) in [6.07, 6.45) is 2.52. The summed E-state index contributed by atoms with van der Waals surface area (Å²) in [5.41, 5.74) is 6.36. The second-order valence-corrected chi connectivity index (χ2v) is 5.71. The van der Waals surface area contributed by atoms with E-state index in [9.17, 15) is 5.11 Å². The van der Waals surface area contributed by atoms with E-state index < -0.39 is 6.10 Å². The van der Waals surface area contributed by atoms with Crippen LogP contribution < -0.4 is 10.5 Å². The van der Waals surface area contributed by atoms with E-state index in [1.165, 1.54) is 0 Å². The van der Waals surface area contributed by atoms with Crippen molar-refractivity contribution in [3.63, 3.8) is 0 Å². The fourth-order valence-electron chi connectivity index (χ4n) is 3.00. The maximum absolute atomic E-state index is 10.1. The van der Waals surface area contributed by atoms with Crippen molar-refractivity contribution < 1.29 is 14.6 Å². The number of β-amino-alcohol motifs (C(OH)–C–C–N with tert-alkyl or cyclic N) is 1. The average Bonchev–Trinajstić information content (AvgIpc) is 2.76. The number of hydrogen-bond donors (Lipinski definition) is 2. The molecule has 2 saturated heterocycles. The summed E-state index contributed by atoms with van der Waals surface area (Å²) in [6, 6.07) is 7.27. The summed E-state index contributed by atoms with van der Waals surface area (Å²) in [6.45, 7) is 2.77. The molecule has 3 rings (SSSR count). The number of aliphatic hydroxyl groups excluding tert-OH is 1. The van der Waals surface area contributed by atoms with Crippen LogP contribution >= 0.6 is 0 Å². The highest BCUT2D eigenvalue weighted by Gasteiger charge is 2.34. The van der Waals surface area contributed by atoms with E-state index in [-0.39, 0.29) is 6.61 Å². The summed E-state index contributed by atoms with van der Waals surface area (Å²) in [4.78, 5) is 2.28. The Kier molecular flexibility index (Phi) is 4.10. The van der Waals surface area contributed by atoms with Gasteiger partial charge in [-0.1, -0.05) is 6.07 Å². The molecule has 3 unspecified atom stereocenters. The third kappa shape index (κ3) is 3.42. The third-order valence-electron chi connectivity index (χ3n) is 3.89. The van der Waals surface area contributed by atoms with Crippen LogP contribution in [0.15, 0.2) is 24.3 Å². The Bertz CT molecular complexity index is 442. The van der Waals surface area contributed by atoms with E-state index in [0.29, 0.717) is 30.2 Å². The lowest BCUT2D eigenvalue weighted by molar-refractivity contribution is -0.0528. The first kappa shape index (κ1) is 13.7. The normalized spacial score (nSPS) is 27.4. The molecule has 0 aromatic heterocycles. The van der Waals surface area contributed by atoms with Gasteiger partial charge in [-0.3, -0.25) is 4.90 Å². The topological polar surface area (TPSA) is 68.0 Å². The molecule has 5 nitrogen and oxygen atoms in total. The van der Waals surface area contributed by atoms with Crippen molar-refractivity contribution in [3.8, 4) is 5.75 Å². The van der Waals surface area contributed by atoms with Crippen molar-refractivity contribution >= 4 is 5.69 Å². The molecule has 0 aliphatic carbocycles. The number of likely N-dealkylation sites (tertiary alicyclic amines) is 1. The van der Waals surface area contributed by atoms with Gasteiger partial charge in [0, 0.05) is 31.4 Å². The van der Waals surface area contributed by atoms with Crippen LogP contribution in [-0.4, -0.2) is 54.6 Å². The summed E-state index contributed by atoms with van der Waals surface area (Å²) in [5, 5.41) is 10.1. The fourth-order valence-corrected chi connectivity index (χ4v) is 3.00. The van der Waals surface area contributed by atoms with Gasteiger partial charge < -0.3 is 20.3 Å². The molecule has 5 heteroatoms. The van der Waals surface area contributed by atoms with Crippen molar-refractivity contribution in [1.82, 2.24) is 4.90 Å². The number of rotatable bonds is 5. The van der Waals surface area contributed by atoms with Gasteiger partial charge in [-0.05, 0) is 25.0 Å². The number of ether oxygens (including phenoxy) is 2. The Morgan fingerprint density at radius 3 is 2.80 bits per heavy atom. The Hall–Kier alpha value is -1.30. The molecule has 0 spiro atoms. The SMILES string of the molecule is Nc1cccc(OCC(O)CN2CC3CCC(C2)O3)c1. The quantitative estimate of drug-likeness (QED) is 0.782. The molecule has 0 saturated carbocycles. The van der Waals surface area contributed by atoms with E-state index in [0.717, 1.165) is 25.9 Å². The molecule has 3 N–H and O–H groups in total. The number of hydrogen-bond acceptors (Lipinski definition) is 5. The molecule has 110 valence electrons. The van der Waals surface area contributed by atoms with Crippen molar-refractivity contribution in [1.29, 1.82) is 0 Å². The van der Waals surface area contributed by atoms with Crippen molar-refractivity contribution in [2.75, 3.05) is 32.0 Å². The Labute approximate surface area is 119 Å². The van der Waals surface area contributed by atoms with Crippen LogP contribution in [0, 0.1) is 0 Å². The van der Waals surface area contributed by atoms with Crippen LogP contribution in [-0.2, 0) is 4.74 Å². The molecule has 0 radical (unpaired) electrons. The van der Waals surface area contributed by atoms with E-state index >= 15 is 0 Å². The molecule has 2 aliphatic heterocycles. The standard InChI is InChI=1S/C15H22N2O3/c16-11-2-1-3-13(6-11)19-10-12(18)7-17-8-14-4-5-15(9-17)20-14/h1-3,6,12,14-15,18H,4-5,7-10,16H2. The zero-order valence-electron chi connectivity index (χ0n) is 11.6. The predicted molar refractivity (Wildman–Crippen MR) is 76.7 cm³/mol.